The molecule has 1 N–H and O–H groups in total. The van der Waals surface area contributed by atoms with Crippen LogP contribution in [0.2, 0.25) is 0 Å². The summed E-state index contributed by atoms with van der Waals surface area (Å²) in [7, 11) is 3.49. The van der Waals surface area contributed by atoms with Crippen LogP contribution in [-0.2, 0) is 12.8 Å². The number of fused-ring (bicyclic) bond motifs is 1. The van der Waals surface area contributed by atoms with Gasteiger partial charge in [0.25, 0.3) is 0 Å². The molecule has 1 aliphatic rings. The highest BCUT2D eigenvalue weighted by Crippen LogP contribution is 2.40. The van der Waals surface area contributed by atoms with Crippen LogP contribution in [0.5, 0.6) is 5.75 Å². The fourth-order valence-electron chi connectivity index (χ4n) is 3.79. The van der Waals surface area contributed by atoms with Gasteiger partial charge in [-0.25, -0.2) is 4.39 Å². The predicted octanol–water partition coefficient (Wildman–Crippen LogP) is 3.93. The second-order valence-corrected chi connectivity index (χ2v) is 6.29. The molecule has 1 aromatic carbocycles. The number of aryl methyl sites for hydroxylation is 1. The van der Waals surface area contributed by atoms with Crippen LogP contribution in [0, 0.1) is 11.7 Å². The maximum atomic E-state index is 14.2. The first kappa shape index (κ1) is 16.1. The molecular weight excluding hydrogens is 293 g/mol. The van der Waals surface area contributed by atoms with E-state index in [1.54, 1.807) is 12.3 Å². The lowest BCUT2D eigenvalue weighted by atomic mass is 9.74. The fourth-order valence-corrected chi connectivity index (χ4v) is 3.79. The van der Waals surface area contributed by atoms with Crippen LogP contribution in [0.4, 0.5) is 4.39 Å². The van der Waals surface area contributed by atoms with E-state index in [0.29, 0.717) is 17.6 Å². The average molecular weight is 317 g/mol. The molecule has 0 amide bonds. The summed E-state index contributed by atoms with van der Waals surface area (Å²) in [4.78, 5) is 0. The van der Waals surface area contributed by atoms with Crippen LogP contribution in [0.25, 0.3) is 0 Å². The molecule has 0 saturated heterocycles. The van der Waals surface area contributed by atoms with Crippen molar-refractivity contribution in [3.63, 3.8) is 0 Å². The van der Waals surface area contributed by atoms with Crippen LogP contribution in [0.3, 0.4) is 0 Å². The molecule has 23 heavy (non-hydrogen) atoms. The summed E-state index contributed by atoms with van der Waals surface area (Å²) in [6, 6.07) is 7.50. The summed E-state index contributed by atoms with van der Waals surface area (Å²) >= 11 is 0. The predicted molar refractivity (Wildman–Crippen MR) is 88.5 cm³/mol. The van der Waals surface area contributed by atoms with Crippen molar-refractivity contribution in [3.8, 4) is 5.75 Å². The summed E-state index contributed by atoms with van der Waals surface area (Å²) < 4.78 is 24.9. The van der Waals surface area contributed by atoms with Crippen molar-refractivity contribution in [1.29, 1.82) is 0 Å². The number of methoxy groups -OCH3 is 1. The number of ether oxygens (including phenoxy) is 1. The molecule has 1 heterocycles. The number of hydrogen-bond donors (Lipinski definition) is 1. The molecule has 2 unspecified atom stereocenters. The summed E-state index contributed by atoms with van der Waals surface area (Å²) in [5.74, 6) is 1.81. The normalized spacial score (nSPS) is 18.5. The molecule has 1 aliphatic carbocycles. The Balaban J connectivity index is 1.91. The van der Waals surface area contributed by atoms with Gasteiger partial charge < -0.3 is 14.5 Å². The molecule has 4 heteroatoms. The Bertz CT molecular complexity index is 639. The van der Waals surface area contributed by atoms with Crippen molar-refractivity contribution in [2.75, 3.05) is 20.7 Å². The highest BCUT2D eigenvalue weighted by Gasteiger charge is 2.29. The molecule has 0 bridgehead atoms. The Morgan fingerprint density at radius 1 is 1.43 bits per heavy atom. The molecule has 124 valence electrons. The number of benzene rings is 1. The monoisotopic (exact) mass is 317 g/mol. The van der Waals surface area contributed by atoms with Crippen molar-refractivity contribution < 1.29 is 13.5 Å². The fraction of sp³-hybridized carbons (Fsp3) is 0.474. The van der Waals surface area contributed by atoms with Crippen LogP contribution in [0.1, 0.15) is 35.6 Å². The van der Waals surface area contributed by atoms with Gasteiger partial charge >= 0.3 is 0 Å². The summed E-state index contributed by atoms with van der Waals surface area (Å²) in [5.41, 5.74) is 2.36. The zero-order valence-corrected chi connectivity index (χ0v) is 13.8. The lowest BCUT2D eigenvalue weighted by Gasteiger charge is -2.32. The Morgan fingerprint density at radius 2 is 2.30 bits per heavy atom. The molecular formula is C19H24FNO2. The molecule has 2 atom stereocenters. The van der Waals surface area contributed by atoms with Gasteiger partial charge in [0.1, 0.15) is 5.76 Å². The van der Waals surface area contributed by atoms with E-state index in [1.807, 2.05) is 25.2 Å². The number of hydrogen-bond acceptors (Lipinski definition) is 3. The second kappa shape index (κ2) is 7.18. The Kier molecular flexibility index (Phi) is 5.01. The summed E-state index contributed by atoms with van der Waals surface area (Å²) in [6.45, 7) is 0.887. The standard InChI is InChI=1S/C19H24FNO2/c1-21-12-14(9-15-6-4-8-23-15)16-7-3-5-13-10-19(22-2)18(20)11-17(13)16/h4,6,8,10-11,14,16,21H,3,5,7,9,12H2,1-2H3. The van der Waals surface area contributed by atoms with Crippen LogP contribution in [0.15, 0.2) is 34.9 Å². The Hall–Kier alpha value is -1.81. The molecule has 0 radical (unpaired) electrons. The lowest BCUT2D eigenvalue weighted by Crippen LogP contribution is -2.29. The molecule has 3 nitrogen and oxygen atoms in total. The molecule has 3 rings (SSSR count). The zero-order valence-electron chi connectivity index (χ0n) is 13.8. The van der Waals surface area contributed by atoms with Crippen molar-refractivity contribution in [2.24, 2.45) is 5.92 Å². The van der Waals surface area contributed by atoms with E-state index in [1.165, 1.54) is 12.7 Å². The highest BCUT2D eigenvalue weighted by atomic mass is 19.1. The minimum Gasteiger partial charge on any atom is -0.494 e. The summed E-state index contributed by atoms with van der Waals surface area (Å²) in [5, 5.41) is 3.29. The second-order valence-electron chi connectivity index (χ2n) is 6.29. The molecule has 1 aromatic heterocycles. The first-order valence-electron chi connectivity index (χ1n) is 8.26. The van der Waals surface area contributed by atoms with Gasteiger partial charge in [0.05, 0.1) is 13.4 Å². The van der Waals surface area contributed by atoms with Gasteiger partial charge in [0.2, 0.25) is 0 Å². The third-order valence-electron chi connectivity index (χ3n) is 4.85. The third kappa shape index (κ3) is 3.42. The Labute approximate surface area is 136 Å². The number of furan rings is 1. The SMILES string of the molecule is CNCC(Cc1ccco1)C1CCCc2cc(OC)c(F)cc21. The molecule has 2 aromatic rings. The van der Waals surface area contributed by atoms with Gasteiger partial charge in [-0.2, -0.15) is 0 Å². The minimum absolute atomic E-state index is 0.264. The zero-order chi connectivity index (χ0) is 16.2. The van der Waals surface area contributed by atoms with Gasteiger partial charge in [-0.05, 0) is 80.1 Å². The van der Waals surface area contributed by atoms with Crippen molar-refractivity contribution in [2.45, 2.75) is 31.6 Å². The maximum Gasteiger partial charge on any atom is 0.165 e. The lowest BCUT2D eigenvalue weighted by molar-refractivity contribution is 0.337. The van der Waals surface area contributed by atoms with Crippen molar-refractivity contribution in [1.82, 2.24) is 5.32 Å². The van der Waals surface area contributed by atoms with E-state index >= 15 is 0 Å². The van der Waals surface area contributed by atoms with Crippen LogP contribution < -0.4 is 10.1 Å². The molecule has 0 saturated carbocycles. The third-order valence-corrected chi connectivity index (χ3v) is 4.85. The van der Waals surface area contributed by atoms with Gasteiger partial charge in [-0.1, -0.05) is 0 Å². The van der Waals surface area contributed by atoms with E-state index in [2.05, 4.69) is 5.32 Å². The first-order valence-corrected chi connectivity index (χ1v) is 8.26. The molecule has 0 aliphatic heterocycles. The van der Waals surface area contributed by atoms with E-state index in [9.17, 15) is 4.39 Å². The van der Waals surface area contributed by atoms with Gasteiger partial charge in [0, 0.05) is 6.42 Å². The van der Waals surface area contributed by atoms with Gasteiger partial charge in [-0.3, -0.25) is 0 Å². The van der Waals surface area contributed by atoms with Crippen molar-refractivity contribution in [3.05, 3.63) is 53.2 Å². The maximum absolute atomic E-state index is 14.2. The van der Waals surface area contributed by atoms with Crippen molar-refractivity contribution >= 4 is 0 Å². The Morgan fingerprint density at radius 3 is 3.00 bits per heavy atom. The first-order chi connectivity index (χ1) is 11.2. The smallest absolute Gasteiger partial charge is 0.165 e. The van der Waals surface area contributed by atoms with E-state index < -0.39 is 0 Å². The minimum atomic E-state index is -0.264. The van der Waals surface area contributed by atoms with E-state index in [4.69, 9.17) is 9.15 Å². The largest absolute Gasteiger partial charge is 0.494 e. The van der Waals surface area contributed by atoms with Gasteiger partial charge in [-0.15, -0.1) is 0 Å². The quantitative estimate of drug-likeness (QED) is 0.877. The summed E-state index contributed by atoms with van der Waals surface area (Å²) in [6.07, 6.45) is 5.79. The molecule has 0 fully saturated rings. The van der Waals surface area contributed by atoms with E-state index in [0.717, 1.165) is 43.6 Å². The highest BCUT2D eigenvalue weighted by molar-refractivity contribution is 5.41. The topological polar surface area (TPSA) is 34.4 Å². The number of nitrogens with one attached hydrogen (secondary N) is 1. The number of halogens is 1. The number of rotatable bonds is 6. The van der Waals surface area contributed by atoms with Crippen LogP contribution >= 0.6 is 0 Å². The average Bonchev–Trinajstić information content (AvgIpc) is 3.06. The van der Waals surface area contributed by atoms with Gasteiger partial charge in [0.15, 0.2) is 11.6 Å². The van der Waals surface area contributed by atoms with E-state index in [-0.39, 0.29) is 5.82 Å². The molecule has 0 spiro atoms. The van der Waals surface area contributed by atoms with Crippen LogP contribution in [-0.4, -0.2) is 20.7 Å².